The maximum absolute atomic E-state index is 14.3. The highest BCUT2D eigenvalue weighted by Gasteiger charge is 2.19. The molecule has 1 amide bonds. The van der Waals surface area contributed by atoms with Gasteiger partial charge in [0.2, 0.25) is 0 Å². The van der Waals surface area contributed by atoms with Crippen LogP contribution in [0.15, 0.2) is 42.2 Å². The highest BCUT2D eigenvalue weighted by Crippen LogP contribution is 2.36. The van der Waals surface area contributed by atoms with Crippen molar-refractivity contribution in [3.8, 4) is 11.1 Å². The molecule has 0 atom stereocenters. The zero-order valence-corrected chi connectivity index (χ0v) is 20.0. The van der Waals surface area contributed by atoms with Crippen molar-refractivity contribution in [3.63, 3.8) is 0 Å². The third kappa shape index (κ3) is 5.45. The molecule has 5 nitrogen and oxygen atoms in total. The third-order valence-electron chi connectivity index (χ3n) is 5.00. The van der Waals surface area contributed by atoms with Crippen LogP contribution in [0.2, 0.25) is 0 Å². The van der Waals surface area contributed by atoms with Crippen molar-refractivity contribution in [1.29, 1.82) is 0 Å². The third-order valence-corrected chi connectivity index (χ3v) is 5.00. The number of amides is 1. The molecule has 1 aromatic carbocycles. The Balaban J connectivity index is 0.00000240. The van der Waals surface area contributed by atoms with E-state index in [0.29, 0.717) is 5.56 Å². The van der Waals surface area contributed by atoms with Crippen molar-refractivity contribution in [2.24, 2.45) is 5.73 Å². The Morgan fingerprint density at radius 2 is 1.74 bits per heavy atom. The lowest BCUT2D eigenvalue weighted by molar-refractivity contribution is 0.0828. The van der Waals surface area contributed by atoms with Gasteiger partial charge in [-0.1, -0.05) is 0 Å². The number of pyridine rings is 1. The first-order valence-electron chi connectivity index (χ1n) is 9.57. The van der Waals surface area contributed by atoms with E-state index in [1.54, 1.807) is 25.1 Å². The number of benzene rings is 1. The monoisotopic (exact) mass is 466 g/mol. The van der Waals surface area contributed by atoms with Crippen LogP contribution in [0.3, 0.4) is 0 Å². The fourth-order valence-corrected chi connectivity index (χ4v) is 3.76. The lowest BCUT2D eigenvalue weighted by Gasteiger charge is -2.11. The van der Waals surface area contributed by atoms with E-state index in [0.717, 1.165) is 39.1 Å². The first-order chi connectivity index (χ1) is 13.7. The Kier molecular flexibility index (Phi) is 9.24. The zero-order chi connectivity index (χ0) is 21.3. The lowest BCUT2D eigenvalue weighted by Crippen LogP contribution is -2.21. The number of carbonyl (C=O) groups excluding carboxylic acids is 1. The van der Waals surface area contributed by atoms with Gasteiger partial charge in [-0.25, -0.2) is 4.39 Å². The summed E-state index contributed by atoms with van der Waals surface area (Å²) in [6.07, 6.45) is 1.38. The minimum absolute atomic E-state index is 0. The standard InChI is InChI=1S/C23H27FN4O.2ClH/c1-14-10-18(11-15(2)26-14)22-16(3)28(13-19(24)8-9-25)21-7-6-17(12-20(21)22)23(29)27(4)5;;/h6-8,10-12H,9,13,25H2,1-5H3;2*1H. The van der Waals surface area contributed by atoms with Crippen LogP contribution in [0.5, 0.6) is 0 Å². The fourth-order valence-electron chi connectivity index (χ4n) is 3.76. The summed E-state index contributed by atoms with van der Waals surface area (Å²) in [5, 5.41) is 0.917. The van der Waals surface area contributed by atoms with Crippen molar-refractivity contribution in [1.82, 2.24) is 14.5 Å². The molecule has 0 aliphatic heterocycles. The molecule has 0 aliphatic carbocycles. The molecular weight excluding hydrogens is 438 g/mol. The summed E-state index contributed by atoms with van der Waals surface area (Å²) in [6.45, 7) is 6.14. The summed E-state index contributed by atoms with van der Waals surface area (Å²) < 4.78 is 16.3. The second-order valence-corrected chi connectivity index (χ2v) is 7.50. The number of halogens is 3. The molecule has 168 valence electrons. The van der Waals surface area contributed by atoms with Gasteiger partial charge < -0.3 is 15.2 Å². The van der Waals surface area contributed by atoms with Crippen molar-refractivity contribution < 1.29 is 9.18 Å². The number of aryl methyl sites for hydroxylation is 2. The van der Waals surface area contributed by atoms with Gasteiger partial charge in [0.1, 0.15) is 5.83 Å². The van der Waals surface area contributed by atoms with Crippen LogP contribution in [0, 0.1) is 20.8 Å². The molecule has 0 saturated carbocycles. The number of carbonyl (C=O) groups is 1. The van der Waals surface area contributed by atoms with E-state index in [2.05, 4.69) is 4.98 Å². The van der Waals surface area contributed by atoms with Crippen LogP contribution in [0.4, 0.5) is 4.39 Å². The van der Waals surface area contributed by atoms with Crippen LogP contribution in [0.25, 0.3) is 22.0 Å². The molecule has 2 heterocycles. The number of aromatic nitrogens is 2. The molecule has 8 heteroatoms. The van der Waals surface area contributed by atoms with Gasteiger partial charge in [0.15, 0.2) is 0 Å². The second-order valence-electron chi connectivity index (χ2n) is 7.50. The van der Waals surface area contributed by atoms with E-state index in [1.165, 1.54) is 6.08 Å². The Bertz CT molecular complexity index is 1100. The molecule has 0 fully saturated rings. The van der Waals surface area contributed by atoms with Gasteiger partial charge >= 0.3 is 0 Å². The minimum atomic E-state index is -0.283. The van der Waals surface area contributed by atoms with Crippen molar-refractivity contribution in [2.45, 2.75) is 27.3 Å². The highest BCUT2D eigenvalue weighted by molar-refractivity contribution is 6.04. The van der Waals surface area contributed by atoms with Gasteiger partial charge in [0.05, 0.1) is 6.54 Å². The Morgan fingerprint density at radius 3 is 2.29 bits per heavy atom. The predicted molar refractivity (Wildman–Crippen MR) is 130 cm³/mol. The van der Waals surface area contributed by atoms with Crippen LogP contribution in [0.1, 0.15) is 27.4 Å². The fraction of sp³-hybridized carbons (Fsp3) is 0.304. The topological polar surface area (TPSA) is 64.2 Å². The first-order valence-corrected chi connectivity index (χ1v) is 9.57. The molecule has 3 rings (SSSR count). The number of nitrogens with two attached hydrogens (primary N) is 1. The summed E-state index contributed by atoms with van der Waals surface area (Å²) >= 11 is 0. The number of hydrogen-bond acceptors (Lipinski definition) is 3. The van der Waals surface area contributed by atoms with E-state index >= 15 is 0 Å². The van der Waals surface area contributed by atoms with E-state index < -0.39 is 0 Å². The summed E-state index contributed by atoms with van der Waals surface area (Å²) in [7, 11) is 3.46. The molecule has 0 spiro atoms. The van der Waals surface area contributed by atoms with Crippen LogP contribution in [-0.2, 0) is 6.54 Å². The molecule has 3 aromatic rings. The second kappa shape index (κ2) is 10.8. The Labute approximate surface area is 195 Å². The van der Waals surface area contributed by atoms with Gasteiger partial charge in [-0.3, -0.25) is 9.78 Å². The summed E-state index contributed by atoms with van der Waals surface area (Å²) in [5.74, 6) is -0.353. The number of rotatable bonds is 5. The van der Waals surface area contributed by atoms with E-state index in [1.807, 2.05) is 49.6 Å². The van der Waals surface area contributed by atoms with Gasteiger partial charge in [0.25, 0.3) is 5.91 Å². The molecule has 0 aliphatic rings. The van der Waals surface area contributed by atoms with Crippen LogP contribution >= 0.6 is 24.8 Å². The first kappa shape index (κ1) is 26.6. The normalized spacial score (nSPS) is 11.1. The number of fused-ring (bicyclic) bond motifs is 1. The minimum Gasteiger partial charge on any atom is -0.345 e. The molecule has 0 bridgehead atoms. The maximum Gasteiger partial charge on any atom is 0.253 e. The number of nitrogens with zero attached hydrogens (tertiary/aromatic N) is 3. The molecule has 31 heavy (non-hydrogen) atoms. The number of hydrogen-bond donors (Lipinski definition) is 1. The number of allylic oxidation sites excluding steroid dienone is 1. The van der Waals surface area contributed by atoms with E-state index in [9.17, 15) is 9.18 Å². The zero-order valence-electron chi connectivity index (χ0n) is 18.4. The Morgan fingerprint density at radius 1 is 1.13 bits per heavy atom. The van der Waals surface area contributed by atoms with Crippen molar-refractivity contribution in [3.05, 3.63) is 64.9 Å². The smallest absolute Gasteiger partial charge is 0.253 e. The van der Waals surface area contributed by atoms with E-state index in [-0.39, 0.29) is 49.6 Å². The van der Waals surface area contributed by atoms with E-state index in [4.69, 9.17) is 5.73 Å². The summed E-state index contributed by atoms with van der Waals surface area (Å²) in [6, 6.07) is 9.61. The molecule has 0 radical (unpaired) electrons. The highest BCUT2D eigenvalue weighted by atomic mass is 35.5. The van der Waals surface area contributed by atoms with Gasteiger partial charge in [-0.15, -0.1) is 24.8 Å². The SMILES string of the molecule is Cc1cc(-c2c(C)n(CC(F)=CCN)c3ccc(C(=O)N(C)C)cc23)cc(C)n1.Cl.Cl. The van der Waals surface area contributed by atoms with Crippen LogP contribution < -0.4 is 5.73 Å². The summed E-state index contributed by atoms with van der Waals surface area (Å²) in [4.78, 5) is 18.5. The van der Waals surface area contributed by atoms with Gasteiger partial charge in [0, 0.05) is 59.8 Å². The van der Waals surface area contributed by atoms with Crippen LogP contribution in [-0.4, -0.2) is 41.0 Å². The predicted octanol–water partition coefficient (Wildman–Crippen LogP) is 4.99. The molecule has 2 aromatic heterocycles. The molecular formula is C23H29Cl2FN4O. The van der Waals surface area contributed by atoms with Gasteiger partial charge in [-0.05, 0) is 62.7 Å². The quantitative estimate of drug-likeness (QED) is 0.575. The lowest BCUT2D eigenvalue weighted by atomic mass is 10.00. The molecule has 2 N–H and O–H groups in total. The Hall–Kier alpha value is -2.41. The average Bonchev–Trinajstić information content (AvgIpc) is 2.91. The summed E-state index contributed by atoms with van der Waals surface area (Å²) in [5.41, 5.74) is 11.7. The van der Waals surface area contributed by atoms with Crippen molar-refractivity contribution in [2.75, 3.05) is 20.6 Å². The van der Waals surface area contributed by atoms with Gasteiger partial charge in [-0.2, -0.15) is 0 Å². The molecule has 0 unspecified atom stereocenters. The maximum atomic E-state index is 14.3. The largest absolute Gasteiger partial charge is 0.345 e. The van der Waals surface area contributed by atoms with Crippen molar-refractivity contribution >= 4 is 41.6 Å². The molecule has 0 saturated heterocycles. The average molecular weight is 467 g/mol.